The van der Waals surface area contributed by atoms with Gasteiger partial charge in [-0.15, -0.1) is 0 Å². The fourth-order valence-electron chi connectivity index (χ4n) is 6.05. The molecule has 11 nitrogen and oxygen atoms in total. The molecule has 2 heterocycles. The molecule has 0 saturated heterocycles. The minimum atomic E-state index is -2.98. The summed E-state index contributed by atoms with van der Waals surface area (Å²) in [5.41, 5.74) is 11.5. The molecule has 0 aliphatic heterocycles. The Balaban J connectivity index is 1.54. The van der Waals surface area contributed by atoms with Crippen molar-refractivity contribution in [3.63, 3.8) is 0 Å². The monoisotopic (exact) mass is 729 g/mol. The molecule has 0 bridgehead atoms. The van der Waals surface area contributed by atoms with Crippen LogP contribution in [-0.4, -0.2) is 50.6 Å². The highest BCUT2D eigenvalue weighted by molar-refractivity contribution is 6.99. The van der Waals surface area contributed by atoms with Gasteiger partial charge in [-0.1, -0.05) is 81.4 Å². The molecule has 5 rings (SSSR count). The lowest BCUT2D eigenvalue weighted by Gasteiger charge is -2.43. The molecule has 53 heavy (non-hydrogen) atoms. The van der Waals surface area contributed by atoms with Crippen molar-refractivity contribution in [1.82, 2.24) is 15.4 Å². The van der Waals surface area contributed by atoms with Crippen LogP contribution in [0, 0.1) is 6.92 Å². The van der Waals surface area contributed by atoms with Gasteiger partial charge in [0.15, 0.2) is 17.2 Å². The molecule has 0 fully saturated rings. The highest BCUT2D eigenvalue weighted by atomic mass is 28.4. The van der Waals surface area contributed by atoms with Crippen LogP contribution in [-0.2, 0) is 15.8 Å². The van der Waals surface area contributed by atoms with E-state index in [9.17, 15) is 9.59 Å². The molecule has 272 valence electrons. The highest BCUT2D eigenvalue weighted by Gasteiger charge is 2.50. The number of amides is 1. The SMILES string of the molecule is COc1cc(N)c(/C=C/C(=O)Oc2c(C)ncc(CO[Si](c3ccccc3)(c3ccccc3)C(C)(C)C)c2/C=N/NC(=O)c2ccncc2)cc1OC. The van der Waals surface area contributed by atoms with E-state index in [0.717, 1.165) is 10.4 Å². The van der Waals surface area contributed by atoms with Crippen LogP contribution in [0.4, 0.5) is 5.69 Å². The lowest BCUT2D eigenvalue weighted by Crippen LogP contribution is -2.66. The number of hydrogen-bond acceptors (Lipinski definition) is 10. The Morgan fingerprint density at radius 2 is 1.51 bits per heavy atom. The van der Waals surface area contributed by atoms with E-state index < -0.39 is 20.2 Å². The van der Waals surface area contributed by atoms with Crippen molar-refractivity contribution >= 4 is 48.5 Å². The summed E-state index contributed by atoms with van der Waals surface area (Å²) in [5, 5.41) is 6.17. The van der Waals surface area contributed by atoms with Crippen LogP contribution in [0.2, 0.25) is 5.04 Å². The number of esters is 1. The van der Waals surface area contributed by atoms with Crippen LogP contribution >= 0.6 is 0 Å². The third-order valence-electron chi connectivity index (χ3n) is 8.69. The first kappa shape index (κ1) is 38.1. The van der Waals surface area contributed by atoms with Crippen LogP contribution in [0.25, 0.3) is 6.08 Å². The van der Waals surface area contributed by atoms with Crippen molar-refractivity contribution in [3.8, 4) is 17.2 Å². The summed E-state index contributed by atoms with van der Waals surface area (Å²) in [7, 11) is 0.0466. The van der Waals surface area contributed by atoms with E-state index in [1.165, 1.54) is 45.0 Å². The van der Waals surface area contributed by atoms with E-state index in [-0.39, 0.29) is 17.4 Å². The lowest BCUT2D eigenvalue weighted by atomic mass is 10.1. The third-order valence-corrected chi connectivity index (χ3v) is 13.7. The molecule has 0 spiro atoms. The van der Waals surface area contributed by atoms with Gasteiger partial charge in [-0.2, -0.15) is 5.10 Å². The van der Waals surface area contributed by atoms with Crippen LogP contribution in [0.3, 0.4) is 0 Å². The van der Waals surface area contributed by atoms with Gasteiger partial charge in [-0.25, -0.2) is 10.2 Å². The number of hydrazone groups is 1. The number of carbonyl (C=O) groups is 2. The third kappa shape index (κ3) is 8.68. The standard InChI is InChI=1S/C41H43N5O6Si/c1-28-39(52-38(47)18-17-30-23-36(49-5)37(50-6)24-35(30)42)34(26-45-46-40(48)29-19-21-43-22-20-29)31(25-44-28)27-51-53(41(2,3)4,32-13-9-7-10-14-32)33-15-11-8-12-16-33/h7-26H,27,42H2,1-6H3,(H,46,48)/b18-17+,45-26+. The second kappa shape index (κ2) is 16.9. The zero-order chi connectivity index (χ0) is 38.0. The molecular formula is C41H43N5O6Si. The highest BCUT2D eigenvalue weighted by Crippen LogP contribution is 2.38. The summed E-state index contributed by atoms with van der Waals surface area (Å²) in [5.74, 6) is -0.0531. The van der Waals surface area contributed by atoms with Gasteiger partial charge >= 0.3 is 5.97 Å². The van der Waals surface area contributed by atoms with Crippen LogP contribution in [0.1, 0.15) is 53.5 Å². The van der Waals surface area contributed by atoms with Gasteiger partial charge < -0.3 is 24.4 Å². The van der Waals surface area contributed by atoms with Gasteiger partial charge in [0.2, 0.25) is 0 Å². The largest absolute Gasteiger partial charge is 0.493 e. The normalized spacial score (nSPS) is 11.8. The molecule has 1 amide bonds. The van der Waals surface area contributed by atoms with E-state index >= 15 is 0 Å². The minimum Gasteiger partial charge on any atom is -0.493 e. The van der Waals surface area contributed by atoms with E-state index in [2.05, 4.69) is 65.5 Å². The summed E-state index contributed by atoms with van der Waals surface area (Å²) in [4.78, 5) is 34.8. The molecule has 0 atom stereocenters. The number of pyridine rings is 2. The number of nitrogens with two attached hydrogens (primary N) is 1. The molecule has 0 saturated carbocycles. The van der Waals surface area contributed by atoms with Crippen LogP contribution in [0.15, 0.2) is 115 Å². The molecule has 2 aromatic heterocycles. The summed E-state index contributed by atoms with van der Waals surface area (Å²) < 4.78 is 23.9. The topological polar surface area (TPSA) is 147 Å². The maximum atomic E-state index is 13.4. The first-order valence-electron chi connectivity index (χ1n) is 16.9. The lowest BCUT2D eigenvalue weighted by molar-refractivity contribution is -0.129. The van der Waals surface area contributed by atoms with Crippen molar-refractivity contribution in [1.29, 1.82) is 0 Å². The number of methoxy groups -OCH3 is 2. The first-order valence-corrected chi connectivity index (χ1v) is 18.8. The summed E-state index contributed by atoms with van der Waals surface area (Å²) in [6.07, 6.45) is 8.95. The number of nitrogens with one attached hydrogen (secondary N) is 1. The maximum Gasteiger partial charge on any atom is 0.336 e. The van der Waals surface area contributed by atoms with Crippen molar-refractivity contribution < 1.29 is 28.2 Å². The van der Waals surface area contributed by atoms with Crippen molar-refractivity contribution in [3.05, 3.63) is 138 Å². The summed E-state index contributed by atoms with van der Waals surface area (Å²) in [6.45, 7) is 8.39. The number of nitrogens with zero attached hydrogens (tertiary/aromatic N) is 3. The Bertz CT molecular complexity index is 2060. The van der Waals surface area contributed by atoms with Crippen LogP contribution in [0.5, 0.6) is 17.2 Å². The van der Waals surface area contributed by atoms with Gasteiger partial charge in [0.1, 0.15) is 0 Å². The van der Waals surface area contributed by atoms with Gasteiger partial charge in [0.25, 0.3) is 14.2 Å². The second-order valence-electron chi connectivity index (χ2n) is 13.1. The summed E-state index contributed by atoms with van der Waals surface area (Å²) >= 11 is 0. The Morgan fingerprint density at radius 1 is 0.906 bits per heavy atom. The van der Waals surface area contributed by atoms with E-state index in [1.54, 1.807) is 37.4 Å². The number of aryl methyl sites for hydroxylation is 1. The number of anilines is 1. The average molecular weight is 730 g/mol. The Labute approximate surface area is 310 Å². The molecule has 5 aromatic rings. The zero-order valence-corrected chi connectivity index (χ0v) is 31.6. The molecule has 0 aliphatic carbocycles. The van der Waals surface area contributed by atoms with E-state index in [1.807, 2.05) is 36.4 Å². The number of nitrogen functional groups attached to an aromatic ring is 1. The molecule has 0 aliphatic rings. The summed E-state index contributed by atoms with van der Waals surface area (Å²) in [6, 6.07) is 26.9. The van der Waals surface area contributed by atoms with Gasteiger partial charge in [-0.05, 0) is 46.6 Å². The quantitative estimate of drug-likeness (QED) is 0.0381. The van der Waals surface area contributed by atoms with Crippen molar-refractivity contribution in [2.24, 2.45) is 5.10 Å². The number of benzene rings is 3. The predicted molar refractivity (Wildman–Crippen MR) is 209 cm³/mol. The Morgan fingerprint density at radius 3 is 2.09 bits per heavy atom. The molecule has 3 N–H and O–H groups in total. The molecule has 0 unspecified atom stereocenters. The average Bonchev–Trinajstić information content (AvgIpc) is 3.16. The van der Waals surface area contributed by atoms with Gasteiger partial charge in [0, 0.05) is 58.7 Å². The predicted octanol–water partition coefficient (Wildman–Crippen LogP) is 5.84. The fraction of sp³-hybridized carbons (Fsp3) is 0.195. The molecule has 3 aromatic carbocycles. The van der Waals surface area contributed by atoms with Crippen molar-refractivity contribution in [2.75, 3.05) is 20.0 Å². The van der Waals surface area contributed by atoms with E-state index in [0.29, 0.717) is 45.1 Å². The minimum absolute atomic E-state index is 0.1000. The fourth-order valence-corrected chi connectivity index (χ4v) is 10.6. The number of hydrogen-bond donors (Lipinski definition) is 2. The Kier molecular flexibility index (Phi) is 12.2. The number of carbonyl (C=O) groups excluding carboxylic acids is 2. The smallest absolute Gasteiger partial charge is 0.336 e. The number of ether oxygens (including phenoxy) is 3. The zero-order valence-electron chi connectivity index (χ0n) is 30.6. The molecular weight excluding hydrogens is 687 g/mol. The van der Waals surface area contributed by atoms with Gasteiger partial charge in [-0.3, -0.25) is 14.8 Å². The molecule has 0 radical (unpaired) electrons. The molecule has 12 heteroatoms. The Hall–Kier alpha value is -6.11. The first-order chi connectivity index (χ1) is 25.5. The maximum absolute atomic E-state index is 13.4. The number of aromatic nitrogens is 2. The van der Waals surface area contributed by atoms with Crippen LogP contribution < -0.4 is 35.7 Å². The van der Waals surface area contributed by atoms with Gasteiger partial charge in [0.05, 0.1) is 32.7 Å². The van der Waals surface area contributed by atoms with Crippen molar-refractivity contribution in [2.45, 2.75) is 39.3 Å². The number of rotatable bonds is 13. The van der Waals surface area contributed by atoms with E-state index in [4.69, 9.17) is 24.4 Å². The second-order valence-corrected chi connectivity index (χ2v) is 17.4.